The van der Waals surface area contributed by atoms with Crippen molar-refractivity contribution < 1.29 is 4.74 Å². The van der Waals surface area contributed by atoms with E-state index >= 15 is 0 Å². The molecule has 1 aromatic carbocycles. The average Bonchev–Trinajstić information content (AvgIpc) is 2.70. The number of piperazine rings is 1. The van der Waals surface area contributed by atoms with E-state index in [0.29, 0.717) is 12.6 Å². The van der Waals surface area contributed by atoms with E-state index in [4.69, 9.17) is 4.74 Å². The van der Waals surface area contributed by atoms with Crippen LogP contribution in [0, 0.1) is 0 Å². The molecule has 1 aromatic rings. The number of hydrogen-bond donors (Lipinski definition) is 1. The molecule has 1 saturated heterocycles. The minimum atomic E-state index is 0.345. The molecule has 2 aliphatic rings. The highest BCUT2D eigenvalue weighted by atomic mass is 16.5. The van der Waals surface area contributed by atoms with Gasteiger partial charge in [-0.2, -0.15) is 0 Å². The second kappa shape index (κ2) is 9.76. The number of benzene rings is 1. The maximum absolute atomic E-state index is 5.33. The van der Waals surface area contributed by atoms with Crippen molar-refractivity contribution in [1.82, 2.24) is 10.2 Å². The van der Waals surface area contributed by atoms with Crippen LogP contribution in [-0.2, 0) is 4.74 Å². The molecule has 6 nitrogen and oxygen atoms in total. The Morgan fingerprint density at radius 3 is 2.59 bits per heavy atom. The second-order valence-electron chi connectivity index (χ2n) is 7.28. The van der Waals surface area contributed by atoms with Crippen LogP contribution in [0.5, 0.6) is 0 Å². The molecule has 2 heterocycles. The average molecular weight is 372 g/mol. The van der Waals surface area contributed by atoms with E-state index in [1.165, 1.54) is 5.69 Å². The lowest BCUT2D eigenvalue weighted by atomic mass is 10.1. The molecule has 0 radical (unpaired) electrons. The first-order valence-electron chi connectivity index (χ1n) is 10.0. The number of methoxy groups -OCH3 is 1. The molecule has 0 aromatic heterocycles. The van der Waals surface area contributed by atoms with Gasteiger partial charge in [-0.1, -0.05) is 13.3 Å². The Hall–Kier alpha value is -2.05. The molecule has 6 heteroatoms. The van der Waals surface area contributed by atoms with Crippen molar-refractivity contribution in [3.8, 4) is 0 Å². The molecule has 3 rings (SSSR count). The van der Waals surface area contributed by atoms with Gasteiger partial charge in [0, 0.05) is 63.5 Å². The highest BCUT2D eigenvalue weighted by Crippen LogP contribution is 2.22. The standard InChI is InChI=1S/C21H33N5O/c1-4-5-18-10-11-22-21(23-18)26(16-17-27-3)20-8-6-19(7-9-20)25-14-12-24(2)13-15-25/h6-11,18H,4-5,12-17H2,1-3H3,(H,22,23). The molecule has 1 atom stereocenters. The molecule has 1 unspecified atom stereocenters. The molecule has 27 heavy (non-hydrogen) atoms. The molecular weight excluding hydrogens is 338 g/mol. The topological polar surface area (TPSA) is 43.3 Å². The summed E-state index contributed by atoms with van der Waals surface area (Å²) < 4.78 is 5.33. The van der Waals surface area contributed by atoms with Crippen LogP contribution in [0.2, 0.25) is 0 Å². The monoisotopic (exact) mass is 371 g/mol. The predicted octanol–water partition coefficient (Wildman–Crippen LogP) is 2.53. The van der Waals surface area contributed by atoms with E-state index < -0.39 is 0 Å². The maximum atomic E-state index is 5.33. The van der Waals surface area contributed by atoms with Gasteiger partial charge >= 0.3 is 0 Å². The van der Waals surface area contributed by atoms with Crippen LogP contribution in [0.4, 0.5) is 11.4 Å². The highest BCUT2D eigenvalue weighted by Gasteiger charge is 2.19. The first-order valence-corrected chi connectivity index (χ1v) is 10.0. The summed E-state index contributed by atoms with van der Waals surface area (Å²) in [5.41, 5.74) is 2.43. The Kier molecular flexibility index (Phi) is 7.12. The minimum Gasteiger partial charge on any atom is -0.383 e. The number of hydrogen-bond acceptors (Lipinski definition) is 6. The van der Waals surface area contributed by atoms with Crippen LogP contribution in [0.1, 0.15) is 19.8 Å². The summed E-state index contributed by atoms with van der Waals surface area (Å²) in [6, 6.07) is 9.19. The summed E-state index contributed by atoms with van der Waals surface area (Å²) in [6.07, 6.45) is 6.31. The normalized spacial score (nSPS) is 20.3. The van der Waals surface area contributed by atoms with Gasteiger partial charge in [0.25, 0.3) is 0 Å². The van der Waals surface area contributed by atoms with Crippen LogP contribution < -0.4 is 15.1 Å². The molecular formula is C21H33N5O. The number of nitrogens with zero attached hydrogens (tertiary/aromatic N) is 4. The Bertz CT molecular complexity index is 634. The van der Waals surface area contributed by atoms with E-state index in [0.717, 1.165) is 57.2 Å². The van der Waals surface area contributed by atoms with Gasteiger partial charge in [-0.15, -0.1) is 0 Å². The van der Waals surface area contributed by atoms with Crippen LogP contribution >= 0.6 is 0 Å². The van der Waals surface area contributed by atoms with Gasteiger partial charge in [0.1, 0.15) is 0 Å². The number of nitrogens with one attached hydrogen (secondary N) is 1. The fraction of sp³-hybridized carbons (Fsp3) is 0.571. The van der Waals surface area contributed by atoms with Crippen LogP contribution in [-0.4, -0.2) is 70.4 Å². The van der Waals surface area contributed by atoms with Gasteiger partial charge in [0.05, 0.1) is 6.61 Å². The lowest BCUT2D eigenvalue weighted by Gasteiger charge is -2.34. The quantitative estimate of drug-likeness (QED) is 0.798. The van der Waals surface area contributed by atoms with Gasteiger partial charge in [0.15, 0.2) is 0 Å². The molecule has 1 fully saturated rings. The summed E-state index contributed by atoms with van der Waals surface area (Å²) in [7, 11) is 3.93. The summed E-state index contributed by atoms with van der Waals surface area (Å²) in [5.74, 6) is 0.903. The molecule has 0 saturated carbocycles. The number of aliphatic imine (C=N–C) groups is 1. The zero-order valence-corrected chi connectivity index (χ0v) is 16.9. The van der Waals surface area contributed by atoms with E-state index in [1.807, 2.05) is 6.20 Å². The van der Waals surface area contributed by atoms with Gasteiger partial charge in [-0.05, 0) is 43.8 Å². The van der Waals surface area contributed by atoms with Crippen LogP contribution in [0.25, 0.3) is 0 Å². The van der Waals surface area contributed by atoms with Crippen molar-refractivity contribution in [3.63, 3.8) is 0 Å². The number of guanidine groups is 1. The van der Waals surface area contributed by atoms with E-state index in [1.54, 1.807) is 7.11 Å². The summed E-state index contributed by atoms with van der Waals surface area (Å²) >= 11 is 0. The first kappa shape index (κ1) is 19.7. The summed E-state index contributed by atoms with van der Waals surface area (Å²) in [5, 5.41) is 3.56. The fourth-order valence-corrected chi connectivity index (χ4v) is 3.54. The number of likely N-dealkylation sites (N-methyl/N-ethyl adjacent to an activating group) is 1. The van der Waals surface area contributed by atoms with E-state index in [9.17, 15) is 0 Å². The van der Waals surface area contributed by atoms with Crippen molar-refractivity contribution in [3.05, 3.63) is 36.5 Å². The third-order valence-electron chi connectivity index (χ3n) is 5.23. The minimum absolute atomic E-state index is 0.345. The Labute approximate surface area is 163 Å². The van der Waals surface area contributed by atoms with E-state index in [2.05, 4.69) is 69.3 Å². The molecule has 0 spiro atoms. The van der Waals surface area contributed by atoms with Crippen LogP contribution in [0.3, 0.4) is 0 Å². The van der Waals surface area contributed by atoms with Gasteiger partial charge < -0.3 is 24.8 Å². The Morgan fingerprint density at radius 1 is 1.19 bits per heavy atom. The van der Waals surface area contributed by atoms with Crippen molar-refractivity contribution >= 4 is 17.3 Å². The van der Waals surface area contributed by atoms with E-state index in [-0.39, 0.29) is 0 Å². The lowest BCUT2D eigenvalue weighted by Crippen LogP contribution is -2.48. The van der Waals surface area contributed by atoms with Gasteiger partial charge in [-0.25, -0.2) is 4.99 Å². The lowest BCUT2D eigenvalue weighted by molar-refractivity contribution is 0.207. The number of ether oxygens (including phenoxy) is 1. The highest BCUT2D eigenvalue weighted by molar-refractivity contribution is 5.97. The Morgan fingerprint density at radius 2 is 1.93 bits per heavy atom. The van der Waals surface area contributed by atoms with Gasteiger partial charge in [0.2, 0.25) is 5.96 Å². The smallest absolute Gasteiger partial charge is 0.203 e. The molecule has 0 aliphatic carbocycles. The van der Waals surface area contributed by atoms with Crippen molar-refractivity contribution in [2.45, 2.75) is 25.8 Å². The molecule has 0 amide bonds. The van der Waals surface area contributed by atoms with Crippen molar-refractivity contribution in [1.29, 1.82) is 0 Å². The largest absolute Gasteiger partial charge is 0.383 e. The number of anilines is 2. The fourth-order valence-electron chi connectivity index (χ4n) is 3.54. The molecule has 1 N–H and O–H groups in total. The van der Waals surface area contributed by atoms with Gasteiger partial charge in [-0.3, -0.25) is 0 Å². The van der Waals surface area contributed by atoms with Crippen molar-refractivity contribution in [2.24, 2.45) is 4.99 Å². The molecule has 0 bridgehead atoms. The zero-order valence-electron chi connectivity index (χ0n) is 16.9. The second-order valence-corrected chi connectivity index (χ2v) is 7.28. The molecule has 2 aliphatic heterocycles. The third kappa shape index (κ3) is 5.23. The number of rotatable bonds is 7. The maximum Gasteiger partial charge on any atom is 0.203 e. The SMILES string of the molecule is CCCC1C=CN=C(N(CCOC)c2ccc(N3CCN(C)CC3)cc2)N1. The predicted molar refractivity (Wildman–Crippen MR) is 114 cm³/mol. The van der Waals surface area contributed by atoms with Crippen molar-refractivity contribution in [2.75, 3.05) is 63.3 Å². The Balaban J connectivity index is 1.73. The third-order valence-corrected chi connectivity index (χ3v) is 5.23. The first-order chi connectivity index (χ1) is 13.2. The summed E-state index contributed by atoms with van der Waals surface area (Å²) in [6.45, 7) is 8.04. The van der Waals surface area contributed by atoms with Crippen LogP contribution in [0.15, 0.2) is 41.5 Å². The zero-order chi connectivity index (χ0) is 19.1. The summed E-state index contributed by atoms with van der Waals surface area (Å²) in [4.78, 5) is 11.6. The molecule has 148 valence electrons.